The van der Waals surface area contributed by atoms with E-state index in [1.807, 2.05) is 19.2 Å². The second kappa shape index (κ2) is 6.29. The number of halogens is 3. The SMILES string of the molecule is CNC(c1ccc(Br)c(Cl)c1F)C1Cc2ccccc2S1. The molecule has 3 rings (SSSR count). The molecule has 1 aliphatic heterocycles. The van der Waals surface area contributed by atoms with E-state index >= 15 is 0 Å². The Hall–Kier alpha value is -0.550. The molecule has 0 aromatic heterocycles. The van der Waals surface area contributed by atoms with Crippen LogP contribution in [0.25, 0.3) is 0 Å². The third-order valence-corrected chi connectivity index (χ3v) is 6.41. The minimum atomic E-state index is -0.345. The first-order valence-electron chi connectivity index (χ1n) is 6.67. The monoisotopic (exact) mass is 385 g/mol. The molecule has 110 valence electrons. The van der Waals surface area contributed by atoms with E-state index in [9.17, 15) is 4.39 Å². The van der Waals surface area contributed by atoms with Crippen LogP contribution in [-0.2, 0) is 6.42 Å². The highest BCUT2D eigenvalue weighted by Gasteiger charge is 2.31. The molecular weight excluding hydrogens is 373 g/mol. The van der Waals surface area contributed by atoms with Crippen LogP contribution in [0.4, 0.5) is 4.39 Å². The van der Waals surface area contributed by atoms with Crippen molar-refractivity contribution in [3.05, 3.63) is 62.8 Å². The lowest BCUT2D eigenvalue weighted by Crippen LogP contribution is -2.28. The molecule has 21 heavy (non-hydrogen) atoms. The minimum Gasteiger partial charge on any atom is -0.312 e. The van der Waals surface area contributed by atoms with Gasteiger partial charge in [-0.1, -0.05) is 35.9 Å². The van der Waals surface area contributed by atoms with E-state index in [4.69, 9.17) is 11.6 Å². The van der Waals surface area contributed by atoms with Crippen molar-refractivity contribution in [2.45, 2.75) is 22.6 Å². The Morgan fingerprint density at radius 1 is 1.33 bits per heavy atom. The van der Waals surface area contributed by atoms with Gasteiger partial charge < -0.3 is 5.32 Å². The third kappa shape index (κ3) is 2.87. The summed E-state index contributed by atoms with van der Waals surface area (Å²) in [6.45, 7) is 0. The van der Waals surface area contributed by atoms with Crippen LogP contribution in [0.3, 0.4) is 0 Å². The Balaban J connectivity index is 1.93. The number of rotatable bonds is 3. The Morgan fingerprint density at radius 3 is 2.81 bits per heavy atom. The highest BCUT2D eigenvalue weighted by molar-refractivity contribution is 9.10. The molecule has 1 N–H and O–H groups in total. The smallest absolute Gasteiger partial charge is 0.147 e. The predicted octanol–water partition coefficient (Wildman–Crippen LogP) is 5.22. The first kappa shape index (κ1) is 15.3. The highest BCUT2D eigenvalue weighted by Crippen LogP contribution is 2.43. The summed E-state index contributed by atoms with van der Waals surface area (Å²) < 4.78 is 15.1. The van der Waals surface area contributed by atoms with E-state index in [2.05, 4.69) is 33.4 Å². The van der Waals surface area contributed by atoms with E-state index in [0.717, 1.165) is 6.42 Å². The number of fused-ring (bicyclic) bond motifs is 1. The van der Waals surface area contributed by atoms with Gasteiger partial charge in [-0.3, -0.25) is 0 Å². The molecule has 5 heteroatoms. The fourth-order valence-corrected chi connectivity index (χ4v) is 4.66. The molecule has 0 radical (unpaired) electrons. The molecule has 0 saturated carbocycles. The summed E-state index contributed by atoms with van der Waals surface area (Å²) in [5, 5.41) is 3.66. The van der Waals surface area contributed by atoms with Gasteiger partial charge in [-0.05, 0) is 47.1 Å². The molecular formula is C16H14BrClFNS. The van der Waals surface area contributed by atoms with Crippen LogP contribution < -0.4 is 5.32 Å². The summed E-state index contributed by atoms with van der Waals surface area (Å²) in [4.78, 5) is 1.28. The van der Waals surface area contributed by atoms with Crippen molar-refractivity contribution >= 4 is 39.3 Å². The first-order chi connectivity index (χ1) is 10.1. The molecule has 2 atom stereocenters. The van der Waals surface area contributed by atoms with Gasteiger partial charge in [-0.15, -0.1) is 11.8 Å². The molecule has 0 saturated heterocycles. The maximum Gasteiger partial charge on any atom is 0.147 e. The van der Waals surface area contributed by atoms with Gasteiger partial charge >= 0.3 is 0 Å². The number of nitrogens with one attached hydrogen (secondary N) is 1. The minimum absolute atomic E-state index is 0.0759. The lowest BCUT2D eigenvalue weighted by atomic mass is 9.98. The lowest BCUT2D eigenvalue weighted by molar-refractivity contribution is 0.521. The summed E-state index contributed by atoms with van der Waals surface area (Å²) in [6.07, 6.45) is 0.930. The molecule has 0 aliphatic carbocycles. The van der Waals surface area contributed by atoms with Crippen molar-refractivity contribution in [3.63, 3.8) is 0 Å². The molecule has 2 unspecified atom stereocenters. The van der Waals surface area contributed by atoms with Crippen molar-refractivity contribution < 1.29 is 4.39 Å². The zero-order chi connectivity index (χ0) is 15.0. The average molecular weight is 387 g/mol. The molecule has 2 aromatic rings. The van der Waals surface area contributed by atoms with E-state index in [-0.39, 0.29) is 22.1 Å². The Kier molecular flexibility index (Phi) is 4.60. The van der Waals surface area contributed by atoms with Gasteiger partial charge in [0.25, 0.3) is 0 Å². The van der Waals surface area contributed by atoms with Crippen molar-refractivity contribution in [1.29, 1.82) is 0 Å². The van der Waals surface area contributed by atoms with Gasteiger partial charge in [0, 0.05) is 26.2 Å². The largest absolute Gasteiger partial charge is 0.312 e. The van der Waals surface area contributed by atoms with Crippen molar-refractivity contribution in [2.75, 3.05) is 7.05 Å². The van der Waals surface area contributed by atoms with Crippen molar-refractivity contribution in [2.24, 2.45) is 0 Å². The van der Waals surface area contributed by atoms with E-state index in [0.29, 0.717) is 10.0 Å². The second-order valence-corrected chi connectivity index (χ2v) is 7.51. The number of hydrogen-bond acceptors (Lipinski definition) is 2. The van der Waals surface area contributed by atoms with Crippen LogP contribution in [0.5, 0.6) is 0 Å². The second-order valence-electron chi connectivity index (χ2n) is 5.00. The lowest BCUT2D eigenvalue weighted by Gasteiger charge is -2.23. The molecule has 1 heterocycles. The van der Waals surface area contributed by atoms with Crippen LogP contribution >= 0.6 is 39.3 Å². The highest BCUT2D eigenvalue weighted by atomic mass is 79.9. The van der Waals surface area contributed by atoms with Gasteiger partial charge in [0.1, 0.15) is 5.82 Å². The van der Waals surface area contributed by atoms with E-state index in [1.165, 1.54) is 10.5 Å². The normalized spacial score (nSPS) is 18.6. The fraction of sp³-hybridized carbons (Fsp3) is 0.250. The van der Waals surface area contributed by atoms with Gasteiger partial charge in [-0.25, -0.2) is 4.39 Å². The van der Waals surface area contributed by atoms with Crippen LogP contribution in [0, 0.1) is 5.82 Å². The summed E-state index contributed by atoms with van der Waals surface area (Å²) >= 11 is 11.1. The molecule has 2 aromatic carbocycles. The van der Waals surface area contributed by atoms with E-state index < -0.39 is 0 Å². The third-order valence-electron chi connectivity index (χ3n) is 3.75. The Labute approximate surface area is 141 Å². The summed E-state index contributed by atoms with van der Waals surface area (Å²) in [5.41, 5.74) is 1.95. The molecule has 0 amide bonds. The standard InChI is InChI=1S/C16H14BrClFNS/c1-20-16(10-6-7-11(17)14(18)15(10)19)13-8-9-4-2-3-5-12(9)21-13/h2-7,13,16,20H,8H2,1H3. The zero-order valence-electron chi connectivity index (χ0n) is 11.4. The number of benzene rings is 2. The summed E-state index contributed by atoms with van der Waals surface area (Å²) in [6, 6.07) is 11.9. The zero-order valence-corrected chi connectivity index (χ0v) is 14.5. The fourth-order valence-electron chi connectivity index (χ4n) is 2.72. The summed E-state index contributed by atoms with van der Waals surface area (Å²) in [5.74, 6) is -0.345. The van der Waals surface area contributed by atoms with Gasteiger partial charge in [0.2, 0.25) is 0 Å². The van der Waals surface area contributed by atoms with Crippen molar-refractivity contribution in [1.82, 2.24) is 5.32 Å². The van der Waals surface area contributed by atoms with Crippen molar-refractivity contribution in [3.8, 4) is 0 Å². The number of thioether (sulfide) groups is 1. The average Bonchev–Trinajstić information content (AvgIpc) is 2.91. The van der Waals surface area contributed by atoms with Crippen LogP contribution in [0.1, 0.15) is 17.2 Å². The Morgan fingerprint density at radius 2 is 2.10 bits per heavy atom. The molecule has 1 aliphatic rings. The molecule has 0 bridgehead atoms. The van der Waals surface area contributed by atoms with Gasteiger partial charge in [-0.2, -0.15) is 0 Å². The van der Waals surface area contributed by atoms with Crippen LogP contribution in [0.15, 0.2) is 45.8 Å². The van der Waals surface area contributed by atoms with Gasteiger partial charge in [0.15, 0.2) is 0 Å². The molecule has 0 fully saturated rings. The topological polar surface area (TPSA) is 12.0 Å². The van der Waals surface area contributed by atoms with Gasteiger partial charge in [0.05, 0.1) is 5.02 Å². The molecule has 1 nitrogen and oxygen atoms in total. The summed E-state index contributed by atoms with van der Waals surface area (Å²) in [7, 11) is 1.86. The van der Waals surface area contributed by atoms with Crippen LogP contribution in [0.2, 0.25) is 5.02 Å². The quantitative estimate of drug-likeness (QED) is 0.726. The maximum absolute atomic E-state index is 14.5. The Bertz CT molecular complexity index is 654. The molecule has 0 spiro atoms. The van der Waals surface area contributed by atoms with Crippen LogP contribution in [-0.4, -0.2) is 12.3 Å². The number of hydrogen-bond donors (Lipinski definition) is 1. The predicted molar refractivity (Wildman–Crippen MR) is 90.7 cm³/mol. The first-order valence-corrected chi connectivity index (χ1v) is 8.72. The maximum atomic E-state index is 14.5. The van der Waals surface area contributed by atoms with E-state index in [1.54, 1.807) is 23.9 Å².